The maximum absolute atomic E-state index is 13.0. The molecule has 0 unspecified atom stereocenters. The molecule has 0 atom stereocenters. The first-order chi connectivity index (χ1) is 11.6. The second-order valence-electron chi connectivity index (χ2n) is 5.13. The number of amidine groups is 1. The van der Waals surface area contributed by atoms with E-state index in [1.165, 1.54) is 23.9 Å². The van der Waals surface area contributed by atoms with Gasteiger partial charge in [-0.05, 0) is 66.7 Å². The topological polar surface area (TPSA) is 52.9 Å². The molecule has 1 aliphatic heterocycles. The Morgan fingerprint density at radius 1 is 1.25 bits per heavy atom. The number of hydrogen-bond donors (Lipinski definition) is 1. The summed E-state index contributed by atoms with van der Waals surface area (Å²) in [6.45, 7) is 2.36. The third kappa shape index (κ3) is 3.49. The van der Waals surface area contributed by atoms with Crippen LogP contribution in [0.25, 0.3) is 6.08 Å². The molecule has 0 spiro atoms. The van der Waals surface area contributed by atoms with E-state index in [9.17, 15) is 14.3 Å². The fourth-order valence-corrected chi connectivity index (χ4v) is 3.32. The predicted octanol–water partition coefficient (Wildman–Crippen LogP) is 4.16. The Kier molecular flexibility index (Phi) is 4.66. The standard InChI is InChI=1S/C18H15FN2O2S/c1-2-21-17(23)16(11-12-4-3-5-15(22)10-12)24-18(21)20-14-8-6-13(19)7-9-14/h3-11,22H,2H2,1H3/b16-11+,20-18?. The monoisotopic (exact) mass is 342 g/mol. The van der Waals surface area contributed by atoms with Crippen LogP contribution in [-0.4, -0.2) is 27.6 Å². The van der Waals surface area contributed by atoms with Crippen LogP contribution in [0.2, 0.25) is 0 Å². The second-order valence-corrected chi connectivity index (χ2v) is 6.13. The van der Waals surface area contributed by atoms with Gasteiger partial charge in [0.05, 0.1) is 10.6 Å². The van der Waals surface area contributed by atoms with Gasteiger partial charge in [-0.15, -0.1) is 0 Å². The summed E-state index contributed by atoms with van der Waals surface area (Å²) in [5.74, 6) is -0.315. The Morgan fingerprint density at radius 2 is 2.00 bits per heavy atom. The highest BCUT2D eigenvalue weighted by atomic mass is 32.2. The van der Waals surface area contributed by atoms with Gasteiger partial charge >= 0.3 is 0 Å². The molecule has 0 radical (unpaired) electrons. The first-order valence-electron chi connectivity index (χ1n) is 7.41. The maximum Gasteiger partial charge on any atom is 0.266 e. The lowest BCUT2D eigenvalue weighted by molar-refractivity contribution is -0.122. The molecule has 1 heterocycles. The number of benzene rings is 2. The third-order valence-electron chi connectivity index (χ3n) is 3.42. The highest BCUT2D eigenvalue weighted by Gasteiger charge is 2.32. The minimum Gasteiger partial charge on any atom is -0.508 e. The molecule has 2 aromatic carbocycles. The number of carbonyl (C=O) groups is 1. The van der Waals surface area contributed by atoms with Crippen LogP contribution in [0.15, 0.2) is 58.4 Å². The van der Waals surface area contributed by atoms with Gasteiger partial charge in [-0.2, -0.15) is 0 Å². The zero-order chi connectivity index (χ0) is 17.1. The molecule has 2 aromatic rings. The lowest BCUT2D eigenvalue weighted by atomic mass is 10.2. The van der Waals surface area contributed by atoms with Crippen LogP contribution in [0, 0.1) is 5.82 Å². The Bertz CT molecular complexity index is 831. The minimum absolute atomic E-state index is 0.133. The highest BCUT2D eigenvalue weighted by Crippen LogP contribution is 2.34. The van der Waals surface area contributed by atoms with E-state index in [1.807, 2.05) is 13.0 Å². The largest absolute Gasteiger partial charge is 0.508 e. The molecule has 1 saturated heterocycles. The number of amides is 1. The van der Waals surface area contributed by atoms with Gasteiger partial charge in [-0.25, -0.2) is 9.38 Å². The lowest BCUT2D eigenvalue weighted by Crippen LogP contribution is -2.28. The van der Waals surface area contributed by atoms with E-state index in [1.54, 1.807) is 41.3 Å². The van der Waals surface area contributed by atoms with Crippen molar-refractivity contribution in [3.63, 3.8) is 0 Å². The zero-order valence-corrected chi connectivity index (χ0v) is 13.8. The van der Waals surface area contributed by atoms with Crippen LogP contribution in [0.3, 0.4) is 0 Å². The average molecular weight is 342 g/mol. The van der Waals surface area contributed by atoms with E-state index in [4.69, 9.17) is 0 Å². The minimum atomic E-state index is -0.328. The van der Waals surface area contributed by atoms with Gasteiger partial charge in [0.15, 0.2) is 5.17 Å². The molecule has 24 heavy (non-hydrogen) atoms. The molecule has 0 bridgehead atoms. The van der Waals surface area contributed by atoms with Crippen molar-refractivity contribution < 1.29 is 14.3 Å². The van der Waals surface area contributed by atoms with Crippen LogP contribution in [0.5, 0.6) is 5.75 Å². The number of phenols is 1. The molecular formula is C18H15FN2O2S. The fraction of sp³-hybridized carbons (Fsp3) is 0.111. The SMILES string of the molecule is CCN1C(=O)/C(=C\c2cccc(O)c2)SC1=Nc1ccc(F)cc1. The Hall–Kier alpha value is -2.60. The van der Waals surface area contributed by atoms with E-state index in [-0.39, 0.29) is 17.5 Å². The van der Waals surface area contributed by atoms with Crippen molar-refractivity contribution in [2.75, 3.05) is 6.54 Å². The second kappa shape index (κ2) is 6.88. The van der Waals surface area contributed by atoms with Crippen molar-refractivity contribution in [1.82, 2.24) is 4.90 Å². The highest BCUT2D eigenvalue weighted by molar-refractivity contribution is 8.18. The number of carbonyl (C=O) groups excluding carboxylic acids is 1. The summed E-state index contributed by atoms with van der Waals surface area (Å²) in [5.41, 5.74) is 1.33. The van der Waals surface area contributed by atoms with Crippen molar-refractivity contribution in [1.29, 1.82) is 0 Å². The molecule has 0 aliphatic carbocycles. The summed E-state index contributed by atoms with van der Waals surface area (Å²) in [6, 6.07) is 12.5. The van der Waals surface area contributed by atoms with Gasteiger partial charge in [-0.3, -0.25) is 9.69 Å². The molecule has 0 saturated carbocycles. The van der Waals surface area contributed by atoms with E-state index in [2.05, 4.69) is 4.99 Å². The number of rotatable bonds is 3. The lowest BCUT2D eigenvalue weighted by Gasteiger charge is -2.11. The number of likely N-dealkylation sites (N-methyl/N-ethyl adjacent to an activating group) is 1. The number of halogens is 1. The maximum atomic E-state index is 13.0. The summed E-state index contributed by atoms with van der Waals surface area (Å²) in [5, 5.41) is 10.1. The molecule has 6 heteroatoms. The Balaban J connectivity index is 1.92. The van der Waals surface area contributed by atoms with E-state index >= 15 is 0 Å². The van der Waals surface area contributed by atoms with Crippen molar-refractivity contribution in [3.05, 3.63) is 64.8 Å². The normalized spacial score (nSPS) is 17.9. The summed E-state index contributed by atoms with van der Waals surface area (Å²) in [7, 11) is 0. The van der Waals surface area contributed by atoms with Gasteiger partial charge in [0.25, 0.3) is 5.91 Å². The van der Waals surface area contributed by atoms with Crippen LogP contribution >= 0.6 is 11.8 Å². The van der Waals surface area contributed by atoms with E-state index in [0.29, 0.717) is 22.3 Å². The third-order valence-corrected chi connectivity index (χ3v) is 4.43. The van der Waals surface area contributed by atoms with Gasteiger partial charge < -0.3 is 5.11 Å². The summed E-state index contributed by atoms with van der Waals surface area (Å²) >= 11 is 1.26. The van der Waals surface area contributed by atoms with Crippen LogP contribution in [-0.2, 0) is 4.79 Å². The number of aromatic hydroxyl groups is 1. The molecule has 4 nitrogen and oxygen atoms in total. The number of aliphatic imine (C=N–C) groups is 1. The first kappa shape index (κ1) is 16.3. The first-order valence-corrected chi connectivity index (χ1v) is 8.23. The van der Waals surface area contributed by atoms with E-state index in [0.717, 1.165) is 5.56 Å². The number of thioether (sulfide) groups is 1. The van der Waals surface area contributed by atoms with Crippen molar-refractivity contribution in [3.8, 4) is 5.75 Å². The number of hydrogen-bond acceptors (Lipinski definition) is 4. The average Bonchev–Trinajstić information content (AvgIpc) is 2.84. The molecule has 122 valence electrons. The van der Waals surface area contributed by atoms with E-state index < -0.39 is 0 Å². The summed E-state index contributed by atoms with van der Waals surface area (Å²) in [4.78, 5) is 19.1. The zero-order valence-electron chi connectivity index (χ0n) is 12.9. The van der Waals surface area contributed by atoms with Crippen molar-refractivity contribution >= 4 is 34.6 Å². The van der Waals surface area contributed by atoms with Crippen molar-refractivity contribution in [2.24, 2.45) is 4.99 Å². The van der Waals surface area contributed by atoms with Gasteiger partial charge in [0.1, 0.15) is 11.6 Å². The fourth-order valence-electron chi connectivity index (χ4n) is 2.26. The van der Waals surface area contributed by atoms with Gasteiger partial charge in [-0.1, -0.05) is 12.1 Å². The molecule has 1 N–H and O–H groups in total. The van der Waals surface area contributed by atoms with Crippen LogP contribution < -0.4 is 0 Å². The number of phenolic OH excluding ortho intramolecular Hbond substituents is 1. The van der Waals surface area contributed by atoms with Gasteiger partial charge in [0.2, 0.25) is 0 Å². The van der Waals surface area contributed by atoms with Crippen LogP contribution in [0.4, 0.5) is 10.1 Å². The smallest absolute Gasteiger partial charge is 0.266 e. The Morgan fingerprint density at radius 3 is 2.67 bits per heavy atom. The van der Waals surface area contributed by atoms with Gasteiger partial charge in [0, 0.05) is 6.54 Å². The molecule has 0 aromatic heterocycles. The number of nitrogens with zero attached hydrogens (tertiary/aromatic N) is 2. The molecule has 1 fully saturated rings. The Labute approximate surface area is 143 Å². The molecule has 1 aliphatic rings. The quantitative estimate of drug-likeness (QED) is 0.853. The predicted molar refractivity (Wildman–Crippen MR) is 94.6 cm³/mol. The van der Waals surface area contributed by atoms with Crippen LogP contribution in [0.1, 0.15) is 12.5 Å². The molecule has 1 amide bonds. The summed E-state index contributed by atoms with van der Waals surface area (Å²) in [6.07, 6.45) is 1.72. The molecule has 3 rings (SSSR count). The summed E-state index contributed by atoms with van der Waals surface area (Å²) < 4.78 is 13.0. The molecular weight excluding hydrogens is 327 g/mol. The van der Waals surface area contributed by atoms with Crippen molar-refractivity contribution in [2.45, 2.75) is 6.92 Å².